The maximum absolute atomic E-state index is 12.5. The molecule has 1 heterocycles. The summed E-state index contributed by atoms with van der Waals surface area (Å²) in [4.78, 5) is 38.1. The van der Waals surface area contributed by atoms with Crippen LogP contribution in [0.15, 0.2) is 30.9 Å². The van der Waals surface area contributed by atoms with Crippen LogP contribution in [0.4, 0.5) is 0 Å². The molecule has 5 nitrogen and oxygen atoms in total. The number of amides is 3. The summed E-state index contributed by atoms with van der Waals surface area (Å²) in [7, 11) is 0. The van der Waals surface area contributed by atoms with Gasteiger partial charge >= 0.3 is 0 Å². The van der Waals surface area contributed by atoms with Crippen LogP contribution in [0.25, 0.3) is 0 Å². The first-order valence-corrected chi connectivity index (χ1v) is 8.54. The Morgan fingerprint density at radius 1 is 1.12 bits per heavy atom. The van der Waals surface area contributed by atoms with Gasteiger partial charge in [-0.15, -0.1) is 6.58 Å². The van der Waals surface area contributed by atoms with Crippen LogP contribution in [0.5, 0.6) is 0 Å². The zero-order valence-corrected chi connectivity index (χ0v) is 13.7. The minimum Gasteiger partial charge on any atom is -0.349 e. The number of imide groups is 1. The van der Waals surface area contributed by atoms with Gasteiger partial charge in [0.15, 0.2) is 0 Å². The van der Waals surface area contributed by atoms with E-state index in [4.69, 9.17) is 0 Å². The zero-order chi connectivity index (χ0) is 17.1. The van der Waals surface area contributed by atoms with Crippen LogP contribution in [-0.2, 0) is 0 Å². The summed E-state index contributed by atoms with van der Waals surface area (Å²) in [6.45, 7) is 3.74. The Hall–Kier alpha value is -2.43. The molecule has 1 fully saturated rings. The van der Waals surface area contributed by atoms with Crippen molar-refractivity contribution in [2.75, 3.05) is 6.54 Å². The van der Waals surface area contributed by atoms with Crippen LogP contribution in [0, 0.1) is 0 Å². The lowest BCUT2D eigenvalue weighted by Gasteiger charge is -2.16. The molecule has 2 aliphatic rings. The molecule has 3 amide bonds. The second-order valence-corrected chi connectivity index (χ2v) is 6.43. The molecular formula is C19H22N2O3. The smallest absolute Gasteiger partial charge is 0.261 e. The minimum atomic E-state index is -0.362. The highest BCUT2D eigenvalue weighted by molar-refractivity contribution is 6.22. The highest BCUT2D eigenvalue weighted by Crippen LogP contribution is 2.24. The van der Waals surface area contributed by atoms with Crippen LogP contribution >= 0.6 is 0 Å². The van der Waals surface area contributed by atoms with Crippen LogP contribution < -0.4 is 5.32 Å². The molecule has 5 heteroatoms. The van der Waals surface area contributed by atoms with Crippen molar-refractivity contribution >= 4 is 17.7 Å². The summed E-state index contributed by atoms with van der Waals surface area (Å²) in [6, 6.07) is 4.92. The standard InChI is InChI=1S/C19H22N2O3/c1-2-11-21-18(23)15-10-9-13(12-16(15)19(21)24)17(22)20-14-7-5-3-4-6-8-14/h2,9-10,12,14H,1,3-8,11H2,(H,20,22). The average molecular weight is 326 g/mol. The van der Waals surface area contributed by atoms with Gasteiger partial charge in [-0.25, -0.2) is 0 Å². The molecule has 0 atom stereocenters. The van der Waals surface area contributed by atoms with Crippen LogP contribution in [-0.4, -0.2) is 35.2 Å². The van der Waals surface area contributed by atoms with E-state index in [0.717, 1.165) is 30.6 Å². The highest BCUT2D eigenvalue weighted by Gasteiger charge is 2.35. The van der Waals surface area contributed by atoms with E-state index in [-0.39, 0.29) is 30.3 Å². The molecule has 3 rings (SSSR count). The second-order valence-electron chi connectivity index (χ2n) is 6.43. The number of fused-ring (bicyclic) bond motifs is 1. The molecule has 0 bridgehead atoms. The Morgan fingerprint density at radius 3 is 2.46 bits per heavy atom. The molecule has 1 N–H and O–H groups in total. The number of benzene rings is 1. The normalized spacial score (nSPS) is 18.2. The van der Waals surface area contributed by atoms with Crippen LogP contribution in [0.2, 0.25) is 0 Å². The van der Waals surface area contributed by atoms with Gasteiger partial charge in [-0.05, 0) is 31.0 Å². The van der Waals surface area contributed by atoms with Gasteiger partial charge in [0.1, 0.15) is 0 Å². The van der Waals surface area contributed by atoms with E-state index >= 15 is 0 Å². The third-order valence-electron chi connectivity index (χ3n) is 4.73. The summed E-state index contributed by atoms with van der Waals surface area (Å²) >= 11 is 0. The first kappa shape index (κ1) is 16.4. The van der Waals surface area contributed by atoms with Crippen molar-refractivity contribution in [1.29, 1.82) is 0 Å². The number of nitrogens with zero attached hydrogens (tertiary/aromatic N) is 1. The van der Waals surface area contributed by atoms with Crippen molar-refractivity contribution in [3.05, 3.63) is 47.5 Å². The van der Waals surface area contributed by atoms with E-state index in [9.17, 15) is 14.4 Å². The van der Waals surface area contributed by atoms with E-state index in [2.05, 4.69) is 11.9 Å². The van der Waals surface area contributed by atoms with E-state index in [0.29, 0.717) is 16.7 Å². The van der Waals surface area contributed by atoms with Gasteiger partial charge in [-0.2, -0.15) is 0 Å². The predicted molar refractivity (Wildman–Crippen MR) is 91.0 cm³/mol. The Kier molecular flexibility index (Phi) is 4.79. The van der Waals surface area contributed by atoms with Crippen molar-refractivity contribution < 1.29 is 14.4 Å². The lowest BCUT2D eigenvalue weighted by atomic mass is 10.0. The molecule has 24 heavy (non-hydrogen) atoms. The molecule has 0 saturated heterocycles. The van der Waals surface area contributed by atoms with E-state index in [1.165, 1.54) is 25.0 Å². The lowest BCUT2D eigenvalue weighted by Crippen LogP contribution is -2.34. The number of rotatable bonds is 4. The molecule has 1 aliphatic heterocycles. The Labute approximate surface area is 141 Å². The average Bonchev–Trinajstić information content (AvgIpc) is 2.78. The number of nitrogens with one attached hydrogen (secondary N) is 1. The zero-order valence-electron chi connectivity index (χ0n) is 13.7. The molecule has 0 radical (unpaired) electrons. The maximum Gasteiger partial charge on any atom is 0.261 e. The molecule has 1 aromatic rings. The second kappa shape index (κ2) is 6.99. The summed E-state index contributed by atoms with van der Waals surface area (Å²) in [5.41, 5.74) is 1.09. The van der Waals surface area contributed by atoms with Gasteiger partial charge < -0.3 is 5.32 Å². The number of hydrogen-bond donors (Lipinski definition) is 1. The number of carbonyl (C=O) groups is 3. The number of hydrogen-bond acceptors (Lipinski definition) is 3. The summed E-state index contributed by atoms with van der Waals surface area (Å²) < 4.78 is 0. The van der Waals surface area contributed by atoms with Gasteiger partial charge in [-0.1, -0.05) is 31.8 Å². The Balaban J connectivity index is 1.77. The lowest BCUT2D eigenvalue weighted by molar-refractivity contribution is 0.0672. The predicted octanol–water partition coefficient (Wildman–Crippen LogP) is 2.92. The van der Waals surface area contributed by atoms with Crippen molar-refractivity contribution in [2.24, 2.45) is 0 Å². The summed E-state index contributed by atoms with van der Waals surface area (Å²) in [5, 5.41) is 3.06. The maximum atomic E-state index is 12.5. The monoisotopic (exact) mass is 326 g/mol. The third-order valence-corrected chi connectivity index (χ3v) is 4.73. The highest BCUT2D eigenvalue weighted by atomic mass is 16.2. The fourth-order valence-electron chi connectivity index (χ4n) is 3.42. The molecule has 126 valence electrons. The summed E-state index contributed by atoms with van der Waals surface area (Å²) in [6.07, 6.45) is 8.24. The van der Waals surface area contributed by atoms with Gasteiger partial charge in [0.25, 0.3) is 17.7 Å². The third kappa shape index (κ3) is 3.11. The molecule has 1 aliphatic carbocycles. The Morgan fingerprint density at radius 2 is 1.79 bits per heavy atom. The van der Waals surface area contributed by atoms with Crippen molar-refractivity contribution in [3.8, 4) is 0 Å². The minimum absolute atomic E-state index is 0.174. The van der Waals surface area contributed by atoms with Gasteiger partial charge in [-0.3, -0.25) is 19.3 Å². The fourth-order valence-corrected chi connectivity index (χ4v) is 3.42. The summed E-state index contributed by atoms with van der Waals surface area (Å²) in [5.74, 6) is -0.864. The van der Waals surface area contributed by atoms with Crippen LogP contribution in [0.3, 0.4) is 0 Å². The fraction of sp³-hybridized carbons (Fsp3) is 0.421. The van der Waals surface area contributed by atoms with E-state index in [1.807, 2.05) is 0 Å². The van der Waals surface area contributed by atoms with Crippen LogP contribution in [0.1, 0.15) is 69.6 Å². The van der Waals surface area contributed by atoms with Gasteiger partial charge in [0, 0.05) is 18.2 Å². The first-order valence-electron chi connectivity index (χ1n) is 8.54. The van der Waals surface area contributed by atoms with Crippen molar-refractivity contribution in [2.45, 2.75) is 44.6 Å². The topological polar surface area (TPSA) is 66.5 Å². The number of carbonyl (C=O) groups excluding carboxylic acids is 3. The van der Waals surface area contributed by atoms with Gasteiger partial charge in [0.05, 0.1) is 11.1 Å². The van der Waals surface area contributed by atoms with Gasteiger partial charge in [0.2, 0.25) is 0 Å². The molecule has 0 unspecified atom stereocenters. The Bertz CT molecular complexity index is 688. The van der Waals surface area contributed by atoms with E-state index in [1.54, 1.807) is 12.1 Å². The van der Waals surface area contributed by atoms with Crippen molar-refractivity contribution in [3.63, 3.8) is 0 Å². The molecule has 0 spiro atoms. The molecule has 0 aromatic heterocycles. The first-order chi connectivity index (χ1) is 11.6. The quantitative estimate of drug-likeness (QED) is 0.525. The van der Waals surface area contributed by atoms with Crippen molar-refractivity contribution in [1.82, 2.24) is 10.2 Å². The SMILES string of the molecule is C=CCN1C(=O)c2ccc(C(=O)NC3CCCCCC3)cc2C1=O. The molecular weight excluding hydrogens is 304 g/mol. The molecule has 1 aromatic carbocycles. The largest absolute Gasteiger partial charge is 0.349 e. The molecule has 1 saturated carbocycles. The van der Waals surface area contributed by atoms with E-state index < -0.39 is 0 Å².